The summed E-state index contributed by atoms with van der Waals surface area (Å²) in [7, 11) is 1.57. The summed E-state index contributed by atoms with van der Waals surface area (Å²) in [5.74, 6) is -0.959. The molecule has 2 N–H and O–H groups in total. The van der Waals surface area contributed by atoms with Crippen LogP contribution in [0.2, 0.25) is 0 Å². The zero-order valence-corrected chi connectivity index (χ0v) is 18.6. The highest BCUT2D eigenvalue weighted by Crippen LogP contribution is 2.29. The van der Waals surface area contributed by atoms with Gasteiger partial charge in [0.05, 0.1) is 17.4 Å². The van der Waals surface area contributed by atoms with Gasteiger partial charge in [-0.1, -0.05) is 32.4 Å². The lowest BCUT2D eigenvalue weighted by molar-refractivity contribution is 0.101. The van der Waals surface area contributed by atoms with Crippen molar-refractivity contribution in [3.63, 3.8) is 0 Å². The molecule has 0 saturated heterocycles. The van der Waals surface area contributed by atoms with Gasteiger partial charge in [-0.25, -0.2) is 9.18 Å². The second kappa shape index (κ2) is 9.67. The van der Waals surface area contributed by atoms with Gasteiger partial charge in [-0.05, 0) is 31.5 Å². The number of aryl methyl sites for hydroxylation is 1. The Balaban J connectivity index is 2.09. The van der Waals surface area contributed by atoms with Crippen LogP contribution in [-0.4, -0.2) is 31.5 Å². The molecule has 8 nitrogen and oxygen atoms in total. The second-order valence-electron chi connectivity index (χ2n) is 7.51. The SMILES string of the molecule is CCCC(C)Oc1cc(-n2nc(CC)n(C)c2=O)c(F)cc1C(=O)Nc1ccccc1O. The van der Waals surface area contributed by atoms with Crippen LogP contribution in [0.4, 0.5) is 10.1 Å². The summed E-state index contributed by atoms with van der Waals surface area (Å²) in [4.78, 5) is 25.5. The number of nitrogens with zero attached hydrogens (tertiary/aromatic N) is 3. The Hall–Kier alpha value is -3.62. The number of aromatic hydroxyl groups is 1. The summed E-state index contributed by atoms with van der Waals surface area (Å²) in [5.41, 5.74) is -0.483. The first kappa shape index (κ1) is 23.1. The predicted octanol–water partition coefficient (Wildman–Crippen LogP) is 3.80. The quantitative estimate of drug-likeness (QED) is 0.517. The molecule has 0 saturated carbocycles. The standard InChI is InChI=1S/C23H27FN4O4/c1-5-9-14(3)32-20-13-18(28-23(31)27(4)21(6-2)26-28)16(24)12-15(20)22(30)25-17-10-7-8-11-19(17)29/h7-8,10-14,29H,5-6,9H2,1-4H3,(H,25,30). The topological polar surface area (TPSA) is 98.4 Å². The van der Waals surface area contributed by atoms with Gasteiger partial charge >= 0.3 is 5.69 Å². The number of ether oxygens (including phenoxy) is 1. The monoisotopic (exact) mass is 442 g/mol. The van der Waals surface area contributed by atoms with Gasteiger partial charge in [0.2, 0.25) is 0 Å². The number of anilines is 1. The summed E-state index contributed by atoms with van der Waals surface area (Å²) in [6.07, 6.45) is 1.82. The van der Waals surface area contributed by atoms with E-state index in [-0.39, 0.29) is 34.5 Å². The molecule has 0 aliphatic heterocycles. The van der Waals surface area contributed by atoms with E-state index in [0.29, 0.717) is 12.2 Å². The normalized spacial score (nSPS) is 11.9. The van der Waals surface area contributed by atoms with Gasteiger partial charge in [-0.15, -0.1) is 5.10 Å². The van der Waals surface area contributed by atoms with Gasteiger partial charge in [0.25, 0.3) is 5.91 Å². The first-order chi connectivity index (χ1) is 15.3. The first-order valence-electron chi connectivity index (χ1n) is 10.5. The fourth-order valence-corrected chi connectivity index (χ4v) is 3.37. The number of phenolic OH excluding ortho intramolecular Hbond substituents is 1. The van der Waals surface area contributed by atoms with E-state index >= 15 is 4.39 Å². The molecule has 1 unspecified atom stereocenters. The van der Waals surface area contributed by atoms with Gasteiger partial charge in [0.1, 0.15) is 28.8 Å². The molecule has 9 heteroatoms. The number of rotatable bonds is 8. The Morgan fingerprint density at radius 3 is 2.62 bits per heavy atom. The van der Waals surface area contributed by atoms with Crippen molar-refractivity contribution in [1.82, 2.24) is 14.3 Å². The number of hydrogen-bond donors (Lipinski definition) is 2. The zero-order chi connectivity index (χ0) is 23.4. The van der Waals surface area contributed by atoms with Crippen LogP contribution in [0.15, 0.2) is 41.2 Å². The number of carbonyl (C=O) groups excluding carboxylic acids is 1. The molecule has 3 aromatic rings. The summed E-state index contributed by atoms with van der Waals surface area (Å²) in [6.45, 7) is 5.69. The van der Waals surface area contributed by atoms with E-state index in [0.717, 1.165) is 23.6 Å². The molecule has 1 heterocycles. The third-order valence-electron chi connectivity index (χ3n) is 5.08. The van der Waals surface area contributed by atoms with E-state index in [1.165, 1.54) is 22.8 Å². The molecule has 2 aromatic carbocycles. The Morgan fingerprint density at radius 2 is 2.00 bits per heavy atom. The number of carbonyl (C=O) groups is 1. The maximum Gasteiger partial charge on any atom is 0.350 e. The largest absolute Gasteiger partial charge is 0.506 e. The first-order valence-corrected chi connectivity index (χ1v) is 10.5. The van der Waals surface area contributed by atoms with Crippen LogP contribution in [-0.2, 0) is 13.5 Å². The molecule has 1 atom stereocenters. The number of nitrogens with one attached hydrogen (secondary N) is 1. The number of halogens is 1. The summed E-state index contributed by atoms with van der Waals surface area (Å²) in [5, 5.41) is 16.7. The van der Waals surface area contributed by atoms with Crippen molar-refractivity contribution in [2.24, 2.45) is 7.05 Å². The Kier molecular flexibility index (Phi) is 6.97. The van der Waals surface area contributed by atoms with Crippen molar-refractivity contribution in [3.05, 3.63) is 64.1 Å². The van der Waals surface area contributed by atoms with E-state index < -0.39 is 17.4 Å². The van der Waals surface area contributed by atoms with Gasteiger partial charge in [-0.3, -0.25) is 9.36 Å². The average molecular weight is 442 g/mol. The average Bonchev–Trinajstić information content (AvgIpc) is 3.04. The minimum atomic E-state index is -0.800. The minimum Gasteiger partial charge on any atom is -0.506 e. The van der Waals surface area contributed by atoms with Crippen LogP contribution in [0.1, 0.15) is 49.8 Å². The van der Waals surface area contributed by atoms with Gasteiger partial charge in [-0.2, -0.15) is 4.68 Å². The molecule has 0 aliphatic carbocycles. The lowest BCUT2D eigenvalue weighted by Crippen LogP contribution is -2.24. The fraction of sp³-hybridized carbons (Fsp3) is 0.348. The zero-order valence-electron chi connectivity index (χ0n) is 18.6. The van der Waals surface area contributed by atoms with E-state index in [1.54, 1.807) is 19.2 Å². The van der Waals surface area contributed by atoms with E-state index in [4.69, 9.17) is 4.74 Å². The highest BCUT2D eigenvalue weighted by Gasteiger charge is 2.22. The van der Waals surface area contributed by atoms with Crippen molar-refractivity contribution < 1.29 is 19.0 Å². The molecule has 170 valence electrons. The number of para-hydroxylation sites is 2. The molecule has 1 amide bonds. The van der Waals surface area contributed by atoms with Crippen molar-refractivity contribution in [2.75, 3.05) is 5.32 Å². The Labute approximate surface area is 185 Å². The molecule has 3 rings (SSSR count). The molecule has 0 fully saturated rings. The summed E-state index contributed by atoms with van der Waals surface area (Å²) in [6, 6.07) is 8.56. The second-order valence-corrected chi connectivity index (χ2v) is 7.51. The molecule has 1 aromatic heterocycles. The molecular formula is C23H27FN4O4. The number of benzene rings is 2. The van der Waals surface area contributed by atoms with Gasteiger partial charge < -0.3 is 15.2 Å². The fourth-order valence-electron chi connectivity index (χ4n) is 3.37. The van der Waals surface area contributed by atoms with Gasteiger partial charge in [0.15, 0.2) is 0 Å². The predicted molar refractivity (Wildman–Crippen MR) is 119 cm³/mol. The lowest BCUT2D eigenvalue weighted by atomic mass is 10.1. The number of amides is 1. The number of phenols is 1. The maximum absolute atomic E-state index is 15.1. The molecule has 32 heavy (non-hydrogen) atoms. The van der Waals surface area contributed by atoms with E-state index in [1.807, 2.05) is 20.8 Å². The third kappa shape index (κ3) is 4.66. The summed E-state index contributed by atoms with van der Waals surface area (Å²) < 4.78 is 23.4. The van der Waals surface area contributed by atoms with Crippen LogP contribution in [0.3, 0.4) is 0 Å². The molecular weight excluding hydrogens is 415 g/mol. The third-order valence-corrected chi connectivity index (χ3v) is 5.08. The van der Waals surface area contributed by atoms with Crippen LogP contribution < -0.4 is 15.7 Å². The molecule has 0 bridgehead atoms. The van der Waals surface area contributed by atoms with Crippen molar-refractivity contribution in [1.29, 1.82) is 0 Å². The molecule has 0 spiro atoms. The van der Waals surface area contributed by atoms with E-state index in [2.05, 4.69) is 10.4 Å². The van der Waals surface area contributed by atoms with Crippen molar-refractivity contribution in [3.8, 4) is 17.2 Å². The highest BCUT2D eigenvalue weighted by atomic mass is 19.1. The summed E-state index contributed by atoms with van der Waals surface area (Å²) >= 11 is 0. The molecule has 0 radical (unpaired) electrons. The Bertz CT molecular complexity index is 1190. The Morgan fingerprint density at radius 1 is 1.28 bits per heavy atom. The van der Waals surface area contributed by atoms with Crippen molar-refractivity contribution >= 4 is 11.6 Å². The molecule has 0 aliphatic rings. The number of aromatic nitrogens is 3. The number of hydrogen-bond acceptors (Lipinski definition) is 5. The smallest absolute Gasteiger partial charge is 0.350 e. The van der Waals surface area contributed by atoms with Crippen LogP contribution >= 0.6 is 0 Å². The van der Waals surface area contributed by atoms with Crippen molar-refractivity contribution in [2.45, 2.75) is 46.1 Å². The lowest BCUT2D eigenvalue weighted by Gasteiger charge is -2.18. The van der Waals surface area contributed by atoms with Crippen LogP contribution in [0.5, 0.6) is 11.5 Å². The van der Waals surface area contributed by atoms with Crippen LogP contribution in [0.25, 0.3) is 5.69 Å². The van der Waals surface area contributed by atoms with Crippen LogP contribution in [0, 0.1) is 5.82 Å². The highest BCUT2D eigenvalue weighted by molar-refractivity contribution is 6.07. The maximum atomic E-state index is 15.1. The van der Waals surface area contributed by atoms with E-state index in [9.17, 15) is 14.7 Å². The minimum absolute atomic E-state index is 0.0582. The van der Waals surface area contributed by atoms with Gasteiger partial charge in [0, 0.05) is 19.5 Å².